The van der Waals surface area contributed by atoms with E-state index >= 15 is 0 Å². The van der Waals surface area contributed by atoms with E-state index in [9.17, 15) is 9.50 Å². The van der Waals surface area contributed by atoms with Crippen LogP contribution >= 0.6 is 0 Å². The molecule has 3 aliphatic rings. The fourth-order valence-electron chi connectivity index (χ4n) is 6.33. The Balaban J connectivity index is 1.23. The first-order valence-corrected chi connectivity index (χ1v) is 15.4. The quantitative estimate of drug-likeness (QED) is 0.286. The van der Waals surface area contributed by atoms with Gasteiger partial charge in [-0.2, -0.15) is 0 Å². The van der Waals surface area contributed by atoms with Gasteiger partial charge in [0.05, 0.1) is 13.3 Å². The second-order valence-electron chi connectivity index (χ2n) is 11.5. The molecule has 7 heteroatoms. The normalized spacial score (nSPS) is 19.4. The molecule has 0 bridgehead atoms. The molecule has 0 aromatic heterocycles. The van der Waals surface area contributed by atoms with Crippen molar-refractivity contribution in [3.63, 3.8) is 0 Å². The number of phenolic OH excluding ortho intramolecular Hbond substituents is 1. The Morgan fingerprint density at radius 3 is 2.40 bits per heavy atom. The number of ether oxygens (including phenoxy) is 3. The molecular formula is C35H41FN2O4. The van der Waals surface area contributed by atoms with Crippen molar-refractivity contribution in [3.8, 4) is 23.0 Å². The molecule has 0 amide bonds. The zero-order valence-corrected chi connectivity index (χ0v) is 24.3. The summed E-state index contributed by atoms with van der Waals surface area (Å²) in [6, 6.07) is 22.0. The van der Waals surface area contributed by atoms with Crippen LogP contribution in [-0.2, 0) is 0 Å². The molecule has 0 spiro atoms. The van der Waals surface area contributed by atoms with Gasteiger partial charge in [-0.25, -0.2) is 0 Å². The number of fused-ring (bicyclic) bond motifs is 1. The summed E-state index contributed by atoms with van der Waals surface area (Å²) in [5, 5.41) is 10.2. The summed E-state index contributed by atoms with van der Waals surface area (Å²) in [6.45, 7) is 6.84. The van der Waals surface area contributed by atoms with Crippen LogP contribution in [0.3, 0.4) is 0 Å². The maximum atomic E-state index is 12.6. The van der Waals surface area contributed by atoms with Crippen LogP contribution in [0.1, 0.15) is 48.8 Å². The maximum Gasteiger partial charge on any atom is 0.130 e. The van der Waals surface area contributed by atoms with Crippen LogP contribution in [0, 0.1) is 0 Å². The average molecular weight is 573 g/mol. The third-order valence-corrected chi connectivity index (χ3v) is 8.51. The fourth-order valence-corrected chi connectivity index (χ4v) is 6.33. The highest BCUT2D eigenvalue weighted by molar-refractivity contribution is 6.00. The van der Waals surface area contributed by atoms with Crippen molar-refractivity contribution < 1.29 is 23.7 Å². The van der Waals surface area contributed by atoms with Crippen LogP contribution in [0.2, 0.25) is 0 Å². The van der Waals surface area contributed by atoms with Gasteiger partial charge in [0.1, 0.15) is 35.7 Å². The topological polar surface area (TPSA) is 54.4 Å². The first-order chi connectivity index (χ1) is 20.7. The largest absolute Gasteiger partial charge is 0.508 e. The fraction of sp³-hybridized carbons (Fsp3) is 0.429. The number of hydrogen-bond acceptors (Lipinski definition) is 6. The summed E-state index contributed by atoms with van der Waals surface area (Å²) < 4.78 is 31.1. The van der Waals surface area contributed by atoms with Crippen molar-refractivity contribution >= 4 is 11.1 Å². The molecule has 6 rings (SSSR count). The van der Waals surface area contributed by atoms with Gasteiger partial charge < -0.3 is 19.3 Å². The molecule has 3 aromatic carbocycles. The zero-order chi connectivity index (χ0) is 28.7. The average Bonchev–Trinajstić information content (AvgIpc) is 3.66. The standard InChI is InChI=1S/C35H41FN2O4/c36-16-3-19-38-20-14-31(25-38)42-30-11-6-27(7-12-30)35-32(15-22-41-34-24-28(39)8-13-33(34)35)26-4-9-29(10-5-26)40-23-21-37-17-1-2-18-37/h4-13,24,31,39H,1-3,14-23,25H2/t31-/m0/s1. The van der Waals surface area contributed by atoms with Gasteiger partial charge in [-0.1, -0.05) is 24.3 Å². The van der Waals surface area contributed by atoms with Crippen molar-refractivity contribution in [2.24, 2.45) is 0 Å². The molecule has 0 aliphatic carbocycles. The summed E-state index contributed by atoms with van der Waals surface area (Å²) in [5.74, 6) is 2.59. The number of benzene rings is 3. The van der Waals surface area contributed by atoms with E-state index in [0.29, 0.717) is 25.4 Å². The Kier molecular flexibility index (Phi) is 9.26. The minimum absolute atomic E-state index is 0.122. The Bertz CT molecular complexity index is 1350. The Hall–Kier alpha value is -3.55. The third-order valence-electron chi connectivity index (χ3n) is 8.51. The first-order valence-electron chi connectivity index (χ1n) is 15.4. The van der Waals surface area contributed by atoms with Gasteiger partial charge in [-0.15, -0.1) is 0 Å². The summed E-state index contributed by atoms with van der Waals surface area (Å²) in [5.41, 5.74) is 5.43. The van der Waals surface area contributed by atoms with Crippen molar-refractivity contribution in [1.82, 2.24) is 9.80 Å². The van der Waals surface area contributed by atoms with Crippen LogP contribution in [0.25, 0.3) is 11.1 Å². The molecule has 0 radical (unpaired) electrons. The molecule has 2 saturated heterocycles. The third kappa shape index (κ3) is 6.90. The highest BCUT2D eigenvalue weighted by Gasteiger charge is 2.25. The Morgan fingerprint density at radius 2 is 1.62 bits per heavy atom. The second kappa shape index (κ2) is 13.6. The van der Waals surface area contributed by atoms with E-state index in [1.54, 1.807) is 12.1 Å². The van der Waals surface area contributed by atoms with E-state index in [0.717, 1.165) is 72.8 Å². The lowest BCUT2D eigenvalue weighted by molar-refractivity contribution is 0.198. The van der Waals surface area contributed by atoms with Gasteiger partial charge in [0, 0.05) is 44.2 Å². The number of nitrogens with zero attached hydrogens (tertiary/aromatic N) is 2. The minimum Gasteiger partial charge on any atom is -0.508 e. The van der Waals surface area contributed by atoms with Crippen LogP contribution in [0.15, 0.2) is 66.7 Å². The molecule has 2 fully saturated rings. The van der Waals surface area contributed by atoms with E-state index in [1.807, 2.05) is 18.2 Å². The maximum absolute atomic E-state index is 12.6. The second-order valence-corrected chi connectivity index (χ2v) is 11.5. The molecule has 1 atom stereocenters. The molecule has 3 aromatic rings. The predicted octanol–water partition coefficient (Wildman–Crippen LogP) is 6.42. The van der Waals surface area contributed by atoms with E-state index in [4.69, 9.17) is 14.2 Å². The van der Waals surface area contributed by atoms with Crippen LogP contribution < -0.4 is 14.2 Å². The van der Waals surface area contributed by atoms with Crippen molar-refractivity contribution in [2.75, 3.05) is 59.2 Å². The van der Waals surface area contributed by atoms with Crippen LogP contribution in [0.4, 0.5) is 4.39 Å². The Morgan fingerprint density at radius 1 is 0.857 bits per heavy atom. The molecule has 6 nitrogen and oxygen atoms in total. The number of likely N-dealkylation sites (tertiary alicyclic amines) is 2. The monoisotopic (exact) mass is 572 g/mol. The molecule has 3 aliphatic heterocycles. The smallest absolute Gasteiger partial charge is 0.130 e. The number of halogens is 1. The van der Waals surface area contributed by atoms with Crippen molar-refractivity contribution in [1.29, 1.82) is 0 Å². The molecular weight excluding hydrogens is 531 g/mol. The number of alkyl halides is 1. The van der Waals surface area contributed by atoms with Gasteiger partial charge in [0.25, 0.3) is 0 Å². The molecule has 1 N–H and O–H groups in total. The van der Waals surface area contributed by atoms with Crippen LogP contribution in [-0.4, -0.2) is 80.2 Å². The van der Waals surface area contributed by atoms with Gasteiger partial charge in [-0.3, -0.25) is 14.2 Å². The predicted molar refractivity (Wildman–Crippen MR) is 164 cm³/mol. The van der Waals surface area contributed by atoms with Gasteiger partial charge >= 0.3 is 0 Å². The number of phenols is 1. The molecule has 42 heavy (non-hydrogen) atoms. The summed E-state index contributed by atoms with van der Waals surface area (Å²) in [4.78, 5) is 4.73. The lowest BCUT2D eigenvalue weighted by Crippen LogP contribution is -2.26. The van der Waals surface area contributed by atoms with Crippen molar-refractivity contribution in [2.45, 2.75) is 38.2 Å². The molecule has 0 saturated carbocycles. The van der Waals surface area contributed by atoms with E-state index in [1.165, 1.54) is 31.5 Å². The number of rotatable bonds is 11. The number of aromatic hydroxyl groups is 1. The zero-order valence-electron chi connectivity index (χ0n) is 24.3. The summed E-state index contributed by atoms with van der Waals surface area (Å²) in [7, 11) is 0. The SMILES string of the molecule is Oc1ccc2c(c1)OCCC(c1ccc(OCCN3CCCC3)cc1)=C2c1ccc(O[C@H]2CCN(CCCF)C2)cc1. The molecule has 222 valence electrons. The Labute approximate surface area is 248 Å². The lowest BCUT2D eigenvalue weighted by Gasteiger charge is -2.18. The highest BCUT2D eigenvalue weighted by Crippen LogP contribution is 2.42. The molecule has 0 unspecified atom stereocenters. The summed E-state index contributed by atoms with van der Waals surface area (Å²) >= 11 is 0. The molecule has 3 heterocycles. The lowest BCUT2D eigenvalue weighted by atomic mass is 9.88. The number of hydrogen-bond donors (Lipinski definition) is 1. The summed E-state index contributed by atoms with van der Waals surface area (Å²) in [6.07, 6.45) is 4.96. The highest BCUT2D eigenvalue weighted by atomic mass is 19.1. The van der Waals surface area contributed by atoms with E-state index < -0.39 is 0 Å². The van der Waals surface area contributed by atoms with Gasteiger partial charge in [0.2, 0.25) is 0 Å². The van der Waals surface area contributed by atoms with E-state index in [2.05, 4.69) is 46.2 Å². The van der Waals surface area contributed by atoms with Crippen molar-refractivity contribution in [3.05, 3.63) is 83.4 Å². The van der Waals surface area contributed by atoms with E-state index in [-0.39, 0.29) is 18.5 Å². The van der Waals surface area contributed by atoms with Crippen LogP contribution in [0.5, 0.6) is 23.0 Å². The van der Waals surface area contributed by atoms with Gasteiger partial charge in [-0.05, 0) is 97.4 Å². The van der Waals surface area contributed by atoms with Gasteiger partial charge in [0.15, 0.2) is 0 Å². The minimum atomic E-state index is -0.272. The first kappa shape index (κ1) is 28.6.